The molecule has 1 atom stereocenters. The second-order valence-corrected chi connectivity index (χ2v) is 2.49. The van der Waals surface area contributed by atoms with E-state index in [4.69, 9.17) is 5.73 Å². The van der Waals surface area contributed by atoms with E-state index in [9.17, 15) is 9.59 Å². The number of amides is 1. The van der Waals surface area contributed by atoms with Gasteiger partial charge in [0.05, 0.1) is 0 Å². The lowest BCUT2D eigenvalue weighted by molar-refractivity contribution is -0.138. The first-order chi connectivity index (χ1) is 5.57. The predicted molar refractivity (Wildman–Crippen MR) is 43.2 cm³/mol. The molecule has 0 rings (SSSR count). The van der Waals surface area contributed by atoms with Crippen molar-refractivity contribution in [2.75, 3.05) is 0 Å². The fourth-order valence-electron chi connectivity index (χ4n) is 0.717. The van der Waals surface area contributed by atoms with Crippen LogP contribution in [0, 0.1) is 0 Å². The minimum Gasteiger partial charge on any atom is -0.375 e. The number of hydrogen-bond acceptors (Lipinski definition) is 4. The molecule has 0 aliphatic carbocycles. The maximum Gasteiger partial charge on any atom is 0.412 e. The Labute approximate surface area is 71.0 Å². The van der Waals surface area contributed by atoms with Crippen molar-refractivity contribution in [3.63, 3.8) is 0 Å². The van der Waals surface area contributed by atoms with E-state index >= 15 is 0 Å². The Hall–Kier alpha value is -1.10. The second-order valence-electron chi connectivity index (χ2n) is 2.49. The molecule has 0 aromatic carbocycles. The summed E-state index contributed by atoms with van der Waals surface area (Å²) in [4.78, 5) is 20.9. The summed E-state index contributed by atoms with van der Waals surface area (Å²) in [6.07, 6.45) is 1.18. The number of nitrogens with two attached hydrogens (primary N) is 2. The minimum absolute atomic E-state index is 0.516. The van der Waals surface area contributed by atoms with Gasteiger partial charge in [0.1, 0.15) is 6.04 Å². The third-order valence-electron chi connectivity index (χ3n) is 1.37. The van der Waals surface area contributed by atoms with Gasteiger partial charge in [-0.05, 0) is 6.42 Å². The monoisotopic (exact) mass is 174 g/mol. The Kier molecular flexibility index (Phi) is 5.03. The third-order valence-corrected chi connectivity index (χ3v) is 1.37. The van der Waals surface area contributed by atoms with Crippen molar-refractivity contribution >= 4 is 12.1 Å². The van der Waals surface area contributed by atoms with Gasteiger partial charge >= 0.3 is 12.1 Å². The highest BCUT2D eigenvalue weighted by molar-refractivity contribution is 5.86. The van der Waals surface area contributed by atoms with Gasteiger partial charge in [0, 0.05) is 0 Å². The normalized spacial score (nSPS) is 12.2. The van der Waals surface area contributed by atoms with Gasteiger partial charge < -0.3 is 16.2 Å². The molecule has 0 aromatic heterocycles. The van der Waals surface area contributed by atoms with E-state index in [1.807, 2.05) is 6.92 Å². The molecule has 0 fully saturated rings. The van der Waals surface area contributed by atoms with Gasteiger partial charge in [-0.2, -0.15) is 0 Å². The fraction of sp³-hybridized carbons (Fsp3) is 0.714. The van der Waals surface area contributed by atoms with Crippen molar-refractivity contribution in [3.8, 4) is 0 Å². The molecule has 0 saturated heterocycles. The molecule has 0 heterocycles. The largest absolute Gasteiger partial charge is 0.412 e. The summed E-state index contributed by atoms with van der Waals surface area (Å²) in [5.74, 6) is -0.754. The van der Waals surface area contributed by atoms with Gasteiger partial charge in [0.15, 0.2) is 0 Å². The van der Waals surface area contributed by atoms with Crippen LogP contribution in [0.25, 0.3) is 0 Å². The van der Waals surface area contributed by atoms with Crippen LogP contribution in [0.5, 0.6) is 0 Å². The molecule has 0 aliphatic heterocycles. The number of esters is 1. The minimum atomic E-state index is -1.10. The molecule has 0 bridgehead atoms. The average Bonchev–Trinajstić information content (AvgIpc) is 1.98. The predicted octanol–water partition coefficient (Wildman–Crippen LogP) is 0.126. The van der Waals surface area contributed by atoms with Crippen LogP contribution in [0.4, 0.5) is 4.79 Å². The Bertz CT molecular complexity index is 170. The van der Waals surface area contributed by atoms with Gasteiger partial charge in [0.2, 0.25) is 0 Å². The SMILES string of the molecule is CCCCC(N)C(=O)OC(N)=O. The third kappa shape index (κ3) is 4.68. The van der Waals surface area contributed by atoms with Crippen LogP contribution in [0.1, 0.15) is 26.2 Å². The molecule has 0 saturated carbocycles. The first-order valence-electron chi connectivity index (χ1n) is 3.84. The molecule has 0 radical (unpaired) electrons. The van der Waals surface area contributed by atoms with E-state index < -0.39 is 18.1 Å². The zero-order valence-electron chi connectivity index (χ0n) is 7.08. The molecule has 5 heteroatoms. The number of hydrogen-bond donors (Lipinski definition) is 2. The zero-order chi connectivity index (χ0) is 9.56. The maximum absolute atomic E-state index is 10.8. The van der Waals surface area contributed by atoms with E-state index in [0.29, 0.717) is 6.42 Å². The maximum atomic E-state index is 10.8. The molecule has 12 heavy (non-hydrogen) atoms. The highest BCUT2D eigenvalue weighted by Crippen LogP contribution is 1.99. The number of rotatable bonds is 4. The molecule has 1 unspecified atom stereocenters. The van der Waals surface area contributed by atoms with Crippen molar-refractivity contribution in [2.45, 2.75) is 32.2 Å². The van der Waals surface area contributed by atoms with Gasteiger partial charge in [-0.3, -0.25) is 0 Å². The van der Waals surface area contributed by atoms with Gasteiger partial charge in [-0.15, -0.1) is 0 Å². The molecule has 0 aromatic rings. The van der Waals surface area contributed by atoms with E-state index in [1.165, 1.54) is 0 Å². The van der Waals surface area contributed by atoms with Crippen LogP contribution in [0.15, 0.2) is 0 Å². The van der Waals surface area contributed by atoms with Crippen molar-refractivity contribution in [3.05, 3.63) is 0 Å². The summed E-state index contributed by atoms with van der Waals surface area (Å²) in [5, 5.41) is 0. The summed E-state index contributed by atoms with van der Waals surface area (Å²) in [6.45, 7) is 1.98. The van der Waals surface area contributed by atoms with Crippen molar-refractivity contribution in [2.24, 2.45) is 11.5 Å². The number of carbonyl (C=O) groups excluding carboxylic acids is 2. The van der Waals surface area contributed by atoms with Crippen LogP contribution in [-0.2, 0) is 9.53 Å². The Morgan fingerprint density at radius 1 is 1.50 bits per heavy atom. The van der Waals surface area contributed by atoms with Crippen LogP contribution in [0.2, 0.25) is 0 Å². The zero-order valence-corrected chi connectivity index (χ0v) is 7.08. The van der Waals surface area contributed by atoms with Crippen molar-refractivity contribution in [1.82, 2.24) is 0 Å². The summed E-state index contributed by atoms with van der Waals surface area (Å²) >= 11 is 0. The molecule has 0 spiro atoms. The lowest BCUT2D eigenvalue weighted by Gasteiger charge is -2.07. The lowest BCUT2D eigenvalue weighted by atomic mass is 10.1. The lowest BCUT2D eigenvalue weighted by Crippen LogP contribution is -2.35. The van der Waals surface area contributed by atoms with E-state index in [2.05, 4.69) is 10.5 Å². The highest BCUT2D eigenvalue weighted by Gasteiger charge is 2.16. The van der Waals surface area contributed by atoms with Crippen molar-refractivity contribution < 1.29 is 14.3 Å². The van der Waals surface area contributed by atoms with E-state index in [1.54, 1.807) is 0 Å². The number of ether oxygens (including phenoxy) is 1. The molecule has 1 amide bonds. The Morgan fingerprint density at radius 3 is 2.50 bits per heavy atom. The van der Waals surface area contributed by atoms with Crippen molar-refractivity contribution in [1.29, 1.82) is 0 Å². The summed E-state index contributed by atoms with van der Waals surface area (Å²) in [5.41, 5.74) is 9.99. The number of unbranched alkanes of at least 4 members (excludes halogenated alkanes) is 1. The number of primary amides is 1. The Morgan fingerprint density at radius 2 is 2.08 bits per heavy atom. The summed E-state index contributed by atoms with van der Waals surface area (Å²) < 4.78 is 4.08. The van der Waals surface area contributed by atoms with E-state index in [0.717, 1.165) is 12.8 Å². The summed E-state index contributed by atoms with van der Waals surface area (Å²) in [6, 6.07) is -0.738. The van der Waals surface area contributed by atoms with Gasteiger partial charge in [0.25, 0.3) is 0 Å². The highest BCUT2D eigenvalue weighted by atomic mass is 16.6. The van der Waals surface area contributed by atoms with Crippen LogP contribution in [0.3, 0.4) is 0 Å². The second kappa shape index (κ2) is 5.54. The topological polar surface area (TPSA) is 95.4 Å². The first kappa shape index (κ1) is 10.9. The van der Waals surface area contributed by atoms with E-state index in [-0.39, 0.29) is 0 Å². The Balaban J connectivity index is 3.69. The fourth-order valence-corrected chi connectivity index (χ4v) is 0.717. The quantitative estimate of drug-likeness (QED) is 0.467. The summed E-state index contributed by atoms with van der Waals surface area (Å²) in [7, 11) is 0. The van der Waals surface area contributed by atoms with Crippen LogP contribution >= 0.6 is 0 Å². The molecular weight excluding hydrogens is 160 g/mol. The van der Waals surface area contributed by atoms with Crippen LogP contribution < -0.4 is 11.5 Å². The average molecular weight is 174 g/mol. The number of carbonyl (C=O) groups is 2. The standard InChI is InChI=1S/C7H14N2O3/c1-2-3-4-5(8)6(10)12-7(9)11/h5H,2-4,8H2,1H3,(H2,9,11). The van der Waals surface area contributed by atoms with Gasteiger partial charge in [-0.25, -0.2) is 9.59 Å². The van der Waals surface area contributed by atoms with Gasteiger partial charge in [-0.1, -0.05) is 19.8 Å². The molecular formula is C7H14N2O3. The molecule has 0 aliphatic rings. The first-order valence-corrected chi connectivity index (χ1v) is 3.84. The molecule has 4 N–H and O–H groups in total. The smallest absolute Gasteiger partial charge is 0.375 e. The molecule has 5 nitrogen and oxygen atoms in total. The molecule has 70 valence electrons. The van der Waals surface area contributed by atoms with Crippen LogP contribution in [-0.4, -0.2) is 18.1 Å².